The van der Waals surface area contributed by atoms with Gasteiger partial charge in [0.1, 0.15) is 6.54 Å². The van der Waals surface area contributed by atoms with Crippen molar-refractivity contribution in [3.05, 3.63) is 42.5 Å². The lowest BCUT2D eigenvalue weighted by Gasteiger charge is -2.32. The highest BCUT2D eigenvalue weighted by Gasteiger charge is 2.24. The monoisotopic (exact) mass is 315 g/mol. The average molecular weight is 315 g/mol. The van der Waals surface area contributed by atoms with Gasteiger partial charge >= 0.3 is 0 Å². The van der Waals surface area contributed by atoms with Crippen molar-refractivity contribution in [3.63, 3.8) is 0 Å². The molecule has 3 heterocycles. The number of nitrogens with zero attached hydrogens (tertiary/aromatic N) is 4. The Kier molecular flexibility index (Phi) is 4.87. The van der Waals surface area contributed by atoms with Crippen LogP contribution in [0.5, 0.6) is 0 Å². The number of aromatic nitrogens is 3. The number of piperidine rings is 1. The molecule has 0 saturated carbocycles. The molecule has 1 amide bonds. The zero-order chi connectivity index (χ0) is 16.1. The van der Waals surface area contributed by atoms with Crippen molar-refractivity contribution in [1.82, 2.24) is 19.7 Å². The zero-order valence-electron chi connectivity index (χ0n) is 13.0. The van der Waals surface area contributed by atoms with Crippen LogP contribution in [-0.4, -0.2) is 44.8 Å². The van der Waals surface area contributed by atoms with Gasteiger partial charge in [0.25, 0.3) is 0 Å². The van der Waals surface area contributed by atoms with Gasteiger partial charge in [0, 0.05) is 31.7 Å². The third kappa shape index (κ3) is 4.29. The summed E-state index contributed by atoms with van der Waals surface area (Å²) in [6, 6.07) is 3.88. The van der Waals surface area contributed by atoms with E-state index in [0.717, 1.165) is 24.9 Å². The Labute approximate surface area is 135 Å². The summed E-state index contributed by atoms with van der Waals surface area (Å²) < 4.78 is 7.49. The maximum atomic E-state index is 12.4. The van der Waals surface area contributed by atoms with E-state index in [1.807, 2.05) is 17.0 Å². The second-order valence-electron chi connectivity index (χ2n) is 5.75. The Balaban J connectivity index is 1.50. The van der Waals surface area contributed by atoms with Crippen LogP contribution in [0.2, 0.25) is 0 Å². The van der Waals surface area contributed by atoms with Gasteiger partial charge in [-0.05, 0) is 24.5 Å². The standard InChI is InChI=1S/C16H21N5O2/c17-14-8-19-21(9-14)11-16(22)20-6-2-4-15(10-20)23-12-13-3-1-5-18-7-13/h1,3,5,7-9,15H,2,4,6,10-12,17H2/t15-/m1/s1. The maximum absolute atomic E-state index is 12.4. The number of carbonyl (C=O) groups is 1. The van der Waals surface area contributed by atoms with E-state index in [9.17, 15) is 4.79 Å². The maximum Gasteiger partial charge on any atom is 0.244 e. The quantitative estimate of drug-likeness (QED) is 0.892. The fourth-order valence-corrected chi connectivity index (χ4v) is 2.70. The topological polar surface area (TPSA) is 86.3 Å². The summed E-state index contributed by atoms with van der Waals surface area (Å²) in [5.41, 5.74) is 7.22. The van der Waals surface area contributed by atoms with Crippen LogP contribution in [0.15, 0.2) is 36.9 Å². The summed E-state index contributed by atoms with van der Waals surface area (Å²) >= 11 is 0. The zero-order valence-corrected chi connectivity index (χ0v) is 13.0. The molecule has 0 bridgehead atoms. The van der Waals surface area contributed by atoms with Gasteiger partial charge in [0.2, 0.25) is 5.91 Å². The molecule has 0 unspecified atom stereocenters. The Bertz CT molecular complexity index is 643. The Morgan fingerprint density at radius 3 is 3.09 bits per heavy atom. The van der Waals surface area contributed by atoms with Gasteiger partial charge < -0.3 is 15.4 Å². The van der Waals surface area contributed by atoms with E-state index in [4.69, 9.17) is 10.5 Å². The number of hydrogen-bond acceptors (Lipinski definition) is 5. The van der Waals surface area contributed by atoms with E-state index in [1.54, 1.807) is 29.5 Å². The van der Waals surface area contributed by atoms with Gasteiger partial charge in [-0.2, -0.15) is 5.10 Å². The van der Waals surface area contributed by atoms with Crippen LogP contribution in [0.3, 0.4) is 0 Å². The molecule has 1 atom stereocenters. The second-order valence-corrected chi connectivity index (χ2v) is 5.75. The second kappa shape index (κ2) is 7.23. The minimum absolute atomic E-state index is 0.0442. The number of anilines is 1. The number of carbonyl (C=O) groups excluding carboxylic acids is 1. The van der Waals surface area contributed by atoms with Crippen molar-refractivity contribution < 1.29 is 9.53 Å². The smallest absolute Gasteiger partial charge is 0.244 e. The summed E-state index contributed by atoms with van der Waals surface area (Å²) in [5, 5.41) is 4.05. The lowest BCUT2D eigenvalue weighted by molar-refractivity contribution is -0.136. The van der Waals surface area contributed by atoms with Crippen molar-refractivity contribution in [2.75, 3.05) is 18.8 Å². The Hall–Kier alpha value is -2.41. The van der Waals surface area contributed by atoms with Crippen LogP contribution in [0.25, 0.3) is 0 Å². The summed E-state index contributed by atoms with van der Waals surface area (Å²) in [4.78, 5) is 18.3. The summed E-state index contributed by atoms with van der Waals surface area (Å²) in [6.07, 6.45) is 8.74. The van der Waals surface area contributed by atoms with E-state index in [2.05, 4.69) is 10.1 Å². The molecule has 1 aliphatic rings. The normalized spacial score (nSPS) is 18.1. The SMILES string of the molecule is Nc1cnn(CC(=O)N2CCC[C@@H](OCc3cccnc3)C2)c1. The molecule has 1 fully saturated rings. The molecule has 0 aromatic carbocycles. The first-order chi connectivity index (χ1) is 11.2. The molecule has 1 aliphatic heterocycles. The molecular formula is C16H21N5O2. The predicted octanol–water partition coefficient (Wildman–Crippen LogP) is 1.07. The number of ether oxygens (including phenoxy) is 1. The third-order valence-electron chi connectivity index (χ3n) is 3.89. The van der Waals surface area contributed by atoms with E-state index in [-0.39, 0.29) is 18.6 Å². The van der Waals surface area contributed by atoms with Crippen LogP contribution < -0.4 is 5.73 Å². The fourth-order valence-electron chi connectivity index (χ4n) is 2.70. The van der Waals surface area contributed by atoms with E-state index in [1.165, 1.54) is 0 Å². The van der Waals surface area contributed by atoms with Crippen LogP contribution >= 0.6 is 0 Å². The van der Waals surface area contributed by atoms with Crippen molar-refractivity contribution >= 4 is 11.6 Å². The molecule has 2 aromatic heterocycles. The van der Waals surface area contributed by atoms with E-state index in [0.29, 0.717) is 18.8 Å². The first-order valence-corrected chi connectivity index (χ1v) is 7.77. The van der Waals surface area contributed by atoms with Gasteiger partial charge in [-0.25, -0.2) is 0 Å². The third-order valence-corrected chi connectivity index (χ3v) is 3.89. The van der Waals surface area contributed by atoms with Crippen LogP contribution in [0, 0.1) is 0 Å². The number of amides is 1. The molecule has 122 valence electrons. The van der Waals surface area contributed by atoms with Gasteiger partial charge in [-0.3, -0.25) is 14.5 Å². The number of hydrogen-bond donors (Lipinski definition) is 1. The number of likely N-dealkylation sites (tertiary alicyclic amines) is 1. The molecule has 0 spiro atoms. The minimum atomic E-state index is 0.0442. The van der Waals surface area contributed by atoms with Gasteiger partial charge in [0.05, 0.1) is 24.6 Å². The lowest BCUT2D eigenvalue weighted by Crippen LogP contribution is -2.44. The van der Waals surface area contributed by atoms with Crippen molar-refractivity contribution in [3.8, 4) is 0 Å². The van der Waals surface area contributed by atoms with Crippen LogP contribution in [0.1, 0.15) is 18.4 Å². The molecule has 0 aliphatic carbocycles. The minimum Gasteiger partial charge on any atom is -0.396 e. The molecule has 2 N–H and O–H groups in total. The van der Waals surface area contributed by atoms with Gasteiger partial charge in [-0.15, -0.1) is 0 Å². The summed E-state index contributed by atoms with van der Waals surface area (Å²) in [7, 11) is 0. The van der Waals surface area contributed by atoms with Crippen LogP contribution in [-0.2, 0) is 22.7 Å². The number of nitrogens with two attached hydrogens (primary N) is 1. The summed E-state index contributed by atoms with van der Waals surface area (Å²) in [5.74, 6) is 0.0442. The summed E-state index contributed by atoms with van der Waals surface area (Å²) in [6.45, 7) is 2.13. The molecule has 23 heavy (non-hydrogen) atoms. The van der Waals surface area contributed by atoms with Crippen molar-refractivity contribution in [1.29, 1.82) is 0 Å². The Morgan fingerprint density at radius 1 is 1.43 bits per heavy atom. The first kappa shape index (κ1) is 15.5. The highest BCUT2D eigenvalue weighted by molar-refractivity contribution is 5.76. The number of nitrogen functional groups attached to an aromatic ring is 1. The van der Waals surface area contributed by atoms with Crippen molar-refractivity contribution in [2.45, 2.75) is 32.1 Å². The average Bonchev–Trinajstić information content (AvgIpc) is 2.99. The Morgan fingerprint density at radius 2 is 2.35 bits per heavy atom. The molecule has 7 nitrogen and oxygen atoms in total. The highest BCUT2D eigenvalue weighted by atomic mass is 16.5. The molecule has 7 heteroatoms. The predicted molar refractivity (Wildman–Crippen MR) is 85.3 cm³/mol. The number of rotatable bonds is 5. The van der Waals surface area contributed by atoms with Gasteiger partial charge in [0.15, 0.2) is 0 Å². The lowest BCUT2D eigenvalue weighted by atomic mass is 10.1. The molecule has 1 saturated heterocycles. The molecule has 0 radical (unpaired) electrons. The van der Waals surface area contributed by atoms with Crippen LogP contribution in [0.4, 0.5) is 5.69 Å². The highest BCUT2D eigenvalue weighted by Crippen LogP contribution is 2.15. The van der Waals surface area contributed by atoms with E-state index < -0.39 is 0 Å². The van der Waals surface area contributed by atoms with Crippen molar-refractivity contribution in [2.24, 2.45) is 0 Å². The molecular weight excluding hydrogens is 294 g/mol. The van der Waals surface area contributed by atoms with E-state index >= 15 is 0 Å². The van der Waals surface area contributed by atoms with Gasteiger partial charge in [-0.1, -0.05) is 6.07 Å². The fraction of sp³-hybridized carbons (Fsp3) is 0.438. The largest absolute Gasteiger partial charge is 0.396 e. The molecule has 3 rings (SSSR count). The molecule has 2 aromatic rings. The number of pyridine rings is 1. The first-order valence-electron chi connectivity index (χ1n) is 7.77.